The molecule has 3 nitrogen and oxygen atoms in total. The van der Waals surface area contributed by atoms with E-state index in [0.717, 1.165) is 30.2 Å². The van der Waals surface area contributed by atoms with E-state index in [-0.39, 0.29) is 23.4 Å². The van der Waals surface area contributed by atoms with Crippen molar-refractivity contribution in [1.29, 1.82) is 0 Å². The molecule has 0 radical (unpaired) electrons. The van der Waals surface area contributed by atoms with Crippen LogP contribution in [0.4, 0.5) is 0 Å². The zero-order valence-corrected chi connectivity index (χ0v) is 13.7. The van der Waals surface area contributed by atoms with Crippen molar-refractivity contribution in [2.45, 2.75) is 44.6 Å². The number of thioether (sulfide) groups is 1. The average Bonchev–Trinajstić information content (AvgIpc) is 2.81. The van der Waals surface area contributed by atoms with Crippen molar-refractivity contribution in [2.75, 3.05) is 0 Å². The molecule has 3 rings (SSSR count). The molecule has 0 N–H and O–H groups in total. The van der Waals surface area contributed by atoms with Crippen molar-refractivity contribution >= 4 is 40.3 Å². The molecular formula is C17H17ClO3S. The van der Waals surface area contributed by atoms with Gasteiger partial charge in [-0.15, -0.1) is 0 Å². The Kier molecular flexibility index (Phi) is 4.89. The minimum absolute atomic E-state index is 0.00684. The highest BCUT2D eigenvalue weighted by Gasteiger charge is 2.25. The molecule has 2 fully saturated rings. The van der Waals surface area contributed by atoms with E-state index in [1.54, 1.807) is 12.1 Å². The molecule has 1 aliphatic heterocycles. The van der Waals surface area contributed by atoms with Gasteiger partial charge in [0.05, 0.1) is 22.5 Å². The van der Waals surface area contributed by atoms with E-state index in [1.165, 1.54) is 19.3 Å². The van der Waals surface area contributed by atoms with Crippen molar-refractivity contribution in [3.8, 4) is 5.75 Å². The topological polar surface area (TPSA) is 43.4 Å². The highest BCUT2D eigenvalue weighted by atomic mass is 35.5. The van der Waals surface area contributed by atoms with E-state index >= 15 is 0 Å². The molecule has 1 heterocycles. The van der Waals surface area contributed by atoms with Crippen molar-refractivity contribution in [3.05, 3.63) is 33.7 Å². The first kappa shape index (κ1) is 15.6. The number of hydrogen-bond acceptors (Lipinski definition) is 4. The molecule has 0 bridgehead atoms. The summed E-state index contributed by atoms with van der Waals surface area (Å²) >= 11 is 7.29. The van der Waals surface area contributed by atoms with Gasteiger partial charge in [0.25, 0.3) is 0 Å². The largest absolute Gasteiger partial charge is 0.489 e. The van der Waals surface area contributed by atoms with E-state index in [1.807, 2.05) is 12.1 Å². The van der Waals surface area contributed by atoms with Crippen LogP contribution < -0.4 is 4.74 Å². The Labute approximate surface area is 139 Å². The van der Waals surface area contributed by atoms with Crippen LogP contribution in [0.5, 0.6) is 5.75 Å². The standard InChI is InChI=1S/C17H17ClO3S/c18-13-8-11(9-16-14(19)10-17(20)22-16)6-7-15(13)21-12-4-2-1-3-5-12/h6-9,12H,1-5,10H2/b16-9-. The van der Waals surface area contributed by atoms with Gasteiger partial charge in [0.1, 0.15) is 5.75 Å². The summed E-state index contributed by atoms with van der Waals surface area (Å²) < 4.78 is 5.97. The molecule has 2 aliphatic rings. The van der Waals surface area contributed by atoms with Gasteiger partial charge in [-0.25, -0.2) is 0 Å². The van der Waals surface area contributed by atoms with E-state index < -0.39 is 0 Å². The first-order valence-corrected chi connectivity index (χ1v) is 8.73. The fourth-order valence-electron chi connectivity index (χ4n) is 2.76. The number of carbonyl (C=O) groups is 2. The molecule has 0 atom stereocenters. The van der Waals surface area contributed by atoms with Crippen LogP contribution >= 0.6 is 23.4 Å². The molecule has 1 aromatic carbocycles. The summed E-state index contributed by atoms with van der Waals surface area (Å²) in [5, 5.41) is 0.446. The minimum atomic E-state index is -0.117. The van der Waals surface area contributed by atoms with Crippen molar-refractivity contribution in [3.63, 3.8) is 0 Å². The smallest absolute Gasteiger partial charge is 0.201 e. The maximum Gasteiger partial charge on any atom is 0.201 e. The molecule has 1 saturated carbocycles. The molecule has 22 heavy (non-hydrogen) atoms. The SMILES string of the molecule is O=C1CC(=O)/C(=C/c2ccc(OC3CCCCC3)c(Cl)c2)S1. The second kappa shape index (κ2) is 6.88. The Morgan fingerprint density at radius 1 is 1.18 bits per heavy atom. The van der Waals surface area contributed by atoms with Gasteiger partial charge in [-0.05, 0) is 61.2 Å². The Balaban J connectivity index is 1.73. The molecule has 1 aliphatic carbocycles. The molecule has 0 unspecified atom stereocenters. The first-order chi connectivity index (χ1) is 10.6. The predicted octanol–water partition coefficient (Wildman–Crippen LogP) is 4.63. The van der Waals surface area contributed by atoms with Gasteiger partial charge in [0, 0.05) is 0 Å². The Morgan fingerprint density at radius 3 is 2.59 bits per heavy atom. The molecule has 0 amide bonds. The number of halogens is 1. The maximum absolute atomic E-state index is 11.6. The number of carbonyl (C=O) groups excluding carboxylic acids is 2. The molecule has 0 aromatic heterocycles. The summed E-state index contributed by atoms with van der Waals surface area (Å²) in [6.45, 7) is 0. The quantitative estimate of drug-likeness (QED) is 0.596. The van der Waals surface area contributed by atoms with E-state index in [9.17, 15) is 9.59 Å². The van der Waals surface area contributed by atoms with Crippen molar-refractivity contribution in [1.82, 2.24) is 0 Å². The Morgan fingerprint density at radius 2 is 1.95 bits per heavy atom. The Bertz CT molecular complexity index is 633. The van der Waals surface area contributed by atoms with Gasteiger partial charge in [0.15, 0.2) is 5.78 Å². The van der Waals surface area contributed by atoms with Gasteiger partial charge >= 0.3 is 0 Å². The third-order valence-electron chi connectivity index (χ3n) is 3.90. The fraction of sp³-hybridized carbons (Fsp3) is 0.412. The zero-order chi connectivity index (χ0) is 15.5. The summed E-state index contributed by atoms with van der Waals surface area (Å²) in [6, 6.07) is 5.49. The van der Waals surface area contributed by atoms with E-state index in [2.05, 4.69) is 0 Å². The first-order valence-electron chi connectivity index (χ1n) is 7.53. The van der Waals surface area contributed by atoms with Crippen LogP contribution in [0.2, 0.25) is 5.02 Å². The monoisotopic (exact) mass is 336 g/mol. The van der Waals surface area contributed by atoms with E-state index in [4.69, 9.17) is 16.3 Å². The number of benzene rings is 1. The van der Waals surface area contributed by atoms with Crippen LogP contribution in [0.25, 0.3) is 6.08 Å². The number of Topliss-reactive ketones (excluding diaryl/α,β-unsaturated/α-hetero) is 1. The van der Waals surface area contributed by atoms with E-state index in [0.29, 0.717) is 15.7 Å². The summed E-state index contributed by atoms with van der Waals surface area (Å²) in [6.07, 6.45) is 7.82. The summed E-state index contributed by atoms with van der Waals surface area (Å²) in [7, 11) is 0. The average molecular weight is 337 g/mol. The lowest BCUT2D eigenvalue weighted by Crippen LogP contribution is -2.19. The van der Waals surface area contributed by atoms with Crippen molar-refractivity contribution < 1.29 is 14.3 Å². The van der Waals surface area contributed by atoms with Crippen LogP contribution in [-0.4, -0.2) is 17.0 Å². The summed E-state index contributed by atoms with van der Waals surface area (Å²) in [5.41, 5.74) is 0.812. The normalized spacial score (nSPS) is 21.6. The van der Waals surface area contributed by atoms with Gasteiger partial charge < -0.3 is 4.74 Å². The van der Waals surface area contributed by atoms with Crippen LogP contribution in [0.1, 0.15) is 44.1 Å². The van der Waals surface area contributed by atoms with Crippen molar-refractivity contribution in [2.24, 2.45) is 0 Å². The van der Waals surface area contributed by atoms with Gasteiger partial charge in [-0.1, -0.05) is 24.1 Å². The third kappa shape index (κ3) is 3.73. The minimum Gasteiger partial charge on any atom is -0.489 e. The number of ketones is 1. The Hall–Kier alpha value is -1.26. The lowest BCUT2D eigenvalue weighted by atomic mass is 9.98. The second-order valence-corrected chi connectivity index (χ2v) is 7.16. The van der Waals surface area contributed by atoms with Crippen LogP contribution in [0, 0.1) is 0 Å². The van der Waals surface area contributed by atoms with Crippen LogP contribution in [-0.2, 0) is 9.59 Å². The molecule has 5 heteroatoms. The van der Waals surface area contributed by atoms with Gasteiger partial charge in [0.2, 0.25) is 5.12 Å². The number of hydrogen-bond donors (Lipinski definition) is 0. The maximum atomic E-state index is 11.6. The molecular weight excluding hydrogens is 320 g/mol. The van der Waals surface area contributed by atoms with Gasteiger partial charge in [-0.2, -0.15) is 0 Å². The molecule has 0 spiro atoms. The highest BCUT2D eigenvalue weighted by molar-refractivity contribution is 8.18. The molecule has 1 aromatic rings. The third-order valence-corrected chi connectivity index (χ3v) is 5.14. The molecule has 116 valence electrons. The zero-order valence-electron chi connectivity index (χ0n) is 12.1. The van der Waals surface area contributed by atoms with Gasteiger partial charge in [-0.3, -0.25) is 9.59 Å². The fourth-order valence-corrected chi connectivity index (χ4v) is 3.82. The predicted molar refractivity (Wildman–Crippen MR) is 89.2 cm³/mol. The second-order valence-electron chi connectivity index (χ2n) is 5.65. The molecule has 1 saturated heterocycles. The highest BCUT2D eigenvalue weighted by Crippen LogP contribution is 2.33. The lowest BCUT2D eigenvalue weighted by Gasteiger charge is -2.23. The number of ether oxygens (including phenoxy) is 1. The number of allylic oxidation sites excluding steroid dienone is 1. The lowest BCUT2D eigenvalue weighted by molar-refractivity contribution is -0.119. The summed E-state index contributed by atoms with van der Waals surface area (Å²) in [5.74, 6) is 0.575. The summed E-state index contributed by atoms with van der Waals surface area (Å²) in [4.78, 5) is 23.4. The van der Waals surface area contributed by atoms with Crippen LogP contribution in [0.15, 0.2) is 23.1 Å². The van der Waals surface area contributed by atoms with Crippen LogP contribution in [0.3, 0.4) is 0 Å². The number of rotatable bonds is 3.